The quantitative estimate of drug-likeness (QED) is 0.649. The number of benzene rings is 2. The molecule has 1 unspecified atom stereocenters. The van der Waals surface area contributed by atoms with Gasteiger partial charge >= 0.3 is 0 Å². The first-order valence-corrected chi connectivity index (χ1v) is 7.36. The largest absolute Gasteiger partial charge is 0.468 e. The number of halogens is 1. The summed E-state index contributed by atoms with van der Waals surface area (Å²) < 4.78 is 20.2. The van der Waals surface area contributed by atoms with Crippen LogP contribution in [0.3, 0.4) is 0 Å². The highest BCUT2D eigenvalue weighted by Crippen LogP contribution is 2.42. The van der Waals surface area contributed by atoms with Gasteiger partial charge in [0.25, 0.3) is 0 Å². The maximum Gasteiger partial charge on any atom is 0.127 e. The lowest BCUT2D eigenvalue weighted by Crippen LogP contribution is -2.31. The smallest absolute Gasteiger partial charge is 0.127 e. The number of rotatable bonds is 2. The van der Waals surface area contributed by atoms with Gasteiger partial charge in [0.05, 0.1) is 11.7 Å². The van der Waals surface area contributed by atoms with Crippen LogP contribution in [-0.2, 0) is 11.8 Å². The van der Waals surface area contributed by atoms with Gasteiger partial charge in [-0.05, 0) is 35.7 Å². The van der Waals surface area contributed by atoms with Crippen LogP contribution in [0.1, 0.15) is 22.5 Å². The zero-order valence-corrected chi connectivity index (χ0v) is 12.0. The molecule has 1 nitrogen and oxygen atoms in total. The lowest BCUT2D eigenvalue weighted by Gasteiger charge is -2.33. The Labute approximate surface area is 128 Å². The van der Waals surface area contributed by atoms with E-state index in [2.05, 4.69) is 24.3 Å². The lowest BCUT2D eigenvalue weighted by atomic mass is 9.70. The average molecular weight is 290 g/mol. The van der Waals surface area contributed by atoms with Gasteiger partial charge in [0, 0.05) is 5.56 Å². The van der Waals surface area contributed by atoms with E-state index in [9.17, 15) is 4.39 Å². The van der Waals surface area contributed by atoms with E-state index in [1.54, 1.807) is 12.3 Å². The summed E-state index contributed by atoms with van der Waals surface area (Å²) in [4.78, 5) is 0. The molecular weight excluding hydrogens is 275 g/mol. The molecule has 0 N–H and O–H groups in total. The number of allylic oxidation sites excluding steroid dienone is 1. The molecule has 0 fully saturated rings. The second-order valence-corrected chi connectivity index (χ2v) is 5.64. The van der Waals surface area contributed by atoms with E-state index in [1.165, 1.54) is 17.2 Å². The van der Waals surface area contributed by atoms with Gasteiger partial charge in [0.2, 0.25) is 0 Å². The first-order valence-electron chi connectivity index (χ1n) is 7.36. The summed E-state index contributed by atoms with van der Waals surface area (Å²) in [6, 6.07) is 18.9. The van der Waals surface area contributed by atoms with Crippen molar-refractivity contribution in [2.45, 2.75) is 11.8 Å². The highest BCUT2D eigenvalue weighted by molar-refractivity contribution is 5.63. The standard InChI is InChI=1S/C20H15FO/c21-18-9-4-3-8-17(18)20(19-10-5-13-22-19)12-11-15-6-1-2-7-16(15)14-20/h1-13H,14H2. The number of hydrogen-bond acceptors (Lipinski definition) is 1. The topological polar surface area (TPSA) is 13.1 Å². The summed E-state index contributed by atoms with van der Waals surface area (Å²) in [7, 11) is 0. The third-order valence-electron chi connectivity index (χ3n) is 4.39. The summed E-state index contributed by atoms with van der Waals surface area (Å²) in [6.07, 6.45) is 6.46. The summed E-state index contributed by atoms with van der Waals surface area (Å²) in [5.74, 6) is 0.561. The number of fused-ring (bicyclic) bond motifs is 1. The molecule has 0 spiro atoms. The van der Waals surface area contributed by atoms with E-state index in [0.29, 0.717) is 12.0 Å². The van der Waals surface area contributed by atoms with E-state index in [0.717, 1.165) is 5.76 Å². The fourth-order valence-electron chi connectivity index (χ4n) is 3.29. The molecule has 3 aromatic rings. The van der Waals surface area contributed by atoms with Crippen LogP contribution in [0.25, 0.3) is 6.08 Å². The molecule has 0 aliphatic heterocycles. The molecule has 0 saturated carbocycles. The fraction of sp³-hybridized carbons (Fsp3) is 0.100. The van der Waals surface area contributed by atoms with Gasteiger partial charge in [-0.25, -0.2) is 4.39 Å². The minimum Gasteiger partial charge on any atom is -0.468 e. The molecule has 4 rings (SSSR count). The highest BCUT2D eigenvalue weighted by atomic mass is 19.1. The number of hydrogen-bond donors (Lipinski definition) is 0. The summed E-state index contributed by atoms with van der Waals surface area (Å²) in [6.45, 7) is 0. The van der Waals surface area contributed by atoms with Crippen molar-refractivity contribution in [3.63, 3.8) is 0 Å². The van der Waals surface area contributed by atoms with Gasteiger partial charge in [-0.2, -0.15) is 0 Å². The number of furan rings is 1. The third kappa shape index (κ3) is 1.92. The van der Waals surface area contributed by atoms with Crippen molar-refractivity contribution in [3.8, 4) is 0 Å². The molecule has 2 aromatic carbocycles. The Morgan fingerprint density at radius 3 is 2.55 bits per heavy atom. The zero-order valence-electron chi connectivity index (χ0n) is 12.0. The third-order valence-corrected chi connectivity index (χ3v) is 4.39. The Balaban J connectivity index is 1.95. The Hall–Kier alpha value is -2.61. The minimum atomic E-state index is -0.594. The van der Waals surface area contributed by atoms with Crippen molar-refractivity contribution in [2.75, 3.05) is 0 Å². The summed E-state index contributed by atoms with van der Waals surface area (Å²) in [5, 5.41) is 0. The van der Waals surface area contributed by atoms with Crippen LogP contribution in [0.15, 0.2) is 77.4 Å². The van der Waals surface area contributed by atoms with Crippen molar-refractivity contribution in [1.82, 2.24) is 0 Å². The van der Waals surface area contributed by atoms with Crippen molar-refractivity contribution < 1.29 is 8.81 Å². The van der Waals surface area contributed by atoms with Crippen molar-refractivity contribution in [2.24, 2.45) is 0 Å². The normalized spacial score (nSPS) is 19.9. The molecule has 1 heterocycles. The Morgan fingerprint density at radius 2 is 1.73 bits per heavy atom. The van der Waals surface area contributed by atoms with Crippen LogP contribution < -0.4 is 0 Å². The maximum absolute atomic E-state index is 14.5. The molecule has 0 radical (unpaired) electrons. The van der Waals surface area contributed by atoms with Gasteiger partial charge in [-0.3, -0.25) is 0 Å². The van der Waals surface area contributed by atoms with Crippen LogP contribution >= 0.6 is 0 Å². The van der Waals surface area contributed by atoms with Gasteiger partial charge < -0.3 is 4.42 Å². The van der Waals surface area contributed by atoms with Gasteiger partial charge in [0.1, 0.15) is 11.6 Å². The SMILES string of the molecule is Fc1ccccc1C1(c2ccco2)C=Cc2ccccc2C1. The predicted octanol–water partition coefficient (Wildman–Crippen LogP) is 4.97. The molecule has 0 saturated heterocycles. The molecule has 22 heavy (non-hydrogen) atoms. The van der Waals surface area contributed by atoms with Gasteiger partial charge in [0.15, 0.2) is 0 Å². The van der Waals surface area contributed by atoms with Crippen molar-refractivity contribution in [1.29, 1.82) is 0 Å². The molecule has 1 aliphatic rings. The molecule has 0 amide bonds. The van der Waals surface area contributed by atoms with E-state index in [4.69, 9.17) is 4.42 Å². The van der Waals surface area contributed by atoms with Crippen LogP contribution in [0, 0.1) is 5.82 Å². The molecule has 2 heteroatoms. The highest BCUT2D eigenvalue weighted by Gasteiger charge is 2.39. The van der Waals surface area contributed by atoms with Crippen molar-refractivity contribution >= 4 is 6.08 Å². The van der Waals surface area contributed by atoms with Gasteiger partial charge in [-0.1, -0.05) is 54.6 Å². The molecule has 1 atom stereocenters. The van der Waals surface area contributed by atoms with Crippen LogP contribution in [0.2, 0.25) is 0 Å². The second kappa shape index (κ2) is 4.99. The van der Waals surface area contributed by atoms with Crippen molar-refractivity contribution in [3.05, 3.63) is 101 Å². The molecule has 1 aliphatic carbocycles. The Morgan fingerprint density at radius 1 is 0.909 bits per heavy atom. The minimum absolute atomic E-state index is 0.206. The van der Waals surface area contributed by atoms with E-state index >= 15 is 0 Å². The van der Waals surface area contributed by atoms with E-state index < -0.39 is 5.41 Å². The van der Waals surface area contributed by atoms with Crippen LogP contribution in [0.5, 0.6) is 0 Å². The van der Waals surface area contributed by atoms with Crippen LogP contribution in [0.4, 0.5) is 4.39 Å². The maximum atomic E-state index is 14.5. The predicted molar refractivity (Wildman–Crippen MR) is 85.1 cm³/mol. The first kappa shape index (κ1) is 13.1. The zero-order chi connectivity index (χ0) is 15.0. The molecule has 1 aromatic heterocycles. The second-order valence-electron chi connectivity index (χ2n) is 5.64. The fourth-order valence-corrected chi connectivity index (χ4v) is 3.29. The van der Waals surface area contributed by atoms with E-state index in [1.807, 2.05) is 36.4 Å². The lowest BCUT2D eigenvalue weighted by molar-refractivity contribution is 0.421. The average Bonchev–Trinajstić information content (AvgIpc) is 3.10. The summed E-state index contributed by atoms with van der Waals surface area (Å²) >= 11 is 0. The molecule has 108 valence electrons. The molecule has 0 bridgehead atoms. The first-order chi connectivity index (χ1) is 10.8. The molecular formula is C20H15FO. The Kier molecular flexibility index (Phi) is 2.97. The monoisotopic (exact) mass is 290 g/mol. The van der Waals surface area contributed by atoms with Gasteiger partial charge in [-0.15, -0.1) is 0 Å². The van der Waals surface area contributed by atoms with Crippen LogP contribution in [-0.4, -0.2) is 0 Å². The summed E-state index contributed by atoms with van der Waals surface area (Å²) in [5.41, 5.74) is 2.44. The Bertz CT molecular complexity index is 832. The van der Waals surface area contributed by atoms with E-state index in [-0.39, 0.29) is 5.82 Å².